The van der Waals surface area contributed by atoms with Gasteiger partial charge in [0.25, 0.3) is 10.0 Å². The van der Waals surface area contributed by atoms with Gasteiger partial charge in [0.2, 0.25) is 0 Å². The molecule has 1 aliphatic rings. The first-order valence-electron chi connectivity index (χ1n) is 9.92. The largest absolute Gasteiger partial charge is 0.494 e. The minimum atomic E-state index is -3.91. The maximum Gasteiger partial charge on any atom is 0.261 e. The molecule has 32 heavy (non-hydrogen) atoms. The molecular formula is C24H26FNO5S. The van der Waals surface area contributed by atoms with Gasteiger partial charge in [0, 0.05) is 18.7 Å². The zero-order valence-electron chi connectivity index (χ0n) is 18.3. The van der Waals surface area contributed by atoms with E-state index in [0.29, 0.717) is 17.2 Å². The predicted octanol–water partition coefficient (Wildman–Crippen LogP) is 4.74. The zero-order valence-corrected chi connectivity index (χ0v) is 19.1. The second-order valence-electron chi connectivity index (χ2n) is 7.25. The SMILES string of the molecule is COC1=C(OC)C(OC)C(C)C(/C=C\c2cccc(NS(=O)(=O)c3cccc(F)c3)c2)=C1. The van der Waals surface area contributed by atoms with E-state index >= 15 is 0 Å². The smallest absolute Gasteiger partial charge is 0.261 e. The van der Waals surface area contributed by atoms with Crippen LogP contribution in [-0.2, 0) is 24.2 Å². The minimum absolute atomic E-state index is 0.0137. The summed E-state index contributed by atoms with van der Waals surface area (Å²) in [7, 11) is 0.868. The average Bonchev–Trinajstić information content (AvgIpc) is 2.77. The van der Waals surface area contributed by atoms with Crippen molar-refractivity contribution in [3.63, 3.8) is 0 Å². The number of benzene rings is 2. The molecular weight excluding hydrogens is 433 g/mol. The summed E-state index contributed by atoms with van der Waals surface area (Å²) in [4.78, 5) is -0.141. The normalized spacial score (nSPS) is 19.1. The highest BCUT2D eigenvalue weighted by Gasteiger charge is 2.31. The fourth-order valence-corrected chi connectivity index (χ4v) is 4.61. The Bertz CT molecular complexity index is 1170. The van der Waals surface area contributed by atoms with Crippen LogP contribution in [0, 0.1) is 11.7 Å². The van der Waals surface area contributed by atoms with Crippen LogP contribution in [-0.4, -0.2) is 35.9 Å². The van der Waals surface area contributed by atoms with Crippen molar-refractivity contribution in [2.24, 2.45) is 5.92 Å². The number of anilines is 1. The predicted molar refractivity (Wildman–Crippen MR) is 122 cm³/mol. The number of rotatable bonds is 8. The van der Waals surface area contributed by atoms with Gasteiger partial charge in [-0.05, 0) is 47.5 Å². The zero-order chi connectivity index (χ0) is 23.3. The first-order chi connectivity index (χ1) is 15.3. The molecule has 2 unspecified atom stereocenters. The molecule has 0 saturated carbocycles. The van der Waals surface area contributed by atoms with E-state index in [0.717, 1.165) is 17.2 Å². The topological polar surface area (TPSA) is 73.9 Å². The lowest BCUT2D eigenvalue weighted by Gasteiger charge is -2.30. The van der Waals surface area contributed by atoms with Gasteiger partial charge in [-0.2, -0.15) is 0 Å². The number of nitrogens with one attached hydrogen (secondary N) is 1. The molecule has 0 aromatic heterocycles. The summed E-state index contributed by atoms with van der Waals surface area (Å²) in [5, 5.41) is 0. The standard InChI is InChI=1S/C24H26FNO5S/c1-16-18(14-22(29-2)24(31-4)23(16)30-3)12-11-17-7-5-9-20(13-17)26-32(27,28)21-10-6-8-19(25)15-21/h5-16,23,26H,1-4H3/b12-11-. The van der Waals surface area contributed by atoms with Crippen molar-refractivity contribution >= 4 is 21.8 Å². The maximum atomic E-state index is 13.4. The molecule has 0 heterocycles. The Labute approximate surface area is 188 Å². The molecule has 0 fully saturated rings. The summed E-state index contributed by atoms with van der Waals surface area (Å²) in [5.41, 5.74) is 2.13. The number of sulfonamides is 1. The molecule has 8 heteroatoms. The van der Waals surface area contributed by atoms with Crippen LogP contribution in [0.3, 0.4) is 0 Å². The van der Waals surface area contributed by atoms with Crippen molar-refractivity contribution in [3.8, 4) is 0 Å². The van der Waals surface area contributed by atoms with E-state index < -0.39 is 15.8 Å². The van der Waals surface area contributed by atoms with E-state index in [1.807, 2.05) is 31.2 Å². The Morgan fingerprint density at radius 3 is 2.41 bits per heavy atom. The fourth-order valence-electron chi connectivity index (χ4n) is 3.53. The van der Waals surface area contributed by atoms with Crippen molar-refractivity contribution < 1.29 is 27.0 Å². The second kappa shape index (κ2) is 10.0. The summed E-state index contributed by atoms with van der Waals surface area (Å²) in [6.07, 6.45) is 5.41. The van der Waals surface area contributed by atoms with Crippen molar-refractivity contribution in [3.05, 3.63) is 89.2 Å². The molecule has 0 radical (unpaired) electrons. The third-order valence-electron chi connectivity index (χ3n) is 5.19. The maximum absolute atomic E-state index is 13.4. The van der Waals surface area contributed by atoms with Gasteiger partial charge in [-0.3, -0.25) is 4.72 Å². The van der Waals surface area contributed by atoms with E-state index in [9.17, 15) is 12.8 Å². The summed E-state index contributed by atoms with van der Waals surface area (Å²) >= 11 is 0. The Balaban J connectivity index is 1.84. The van der Waals surface area contributed by atoms with Crippen molar-refractivity contribution in [2.45, 2.75) is 17.9 Å². The van der Waals surface area contributed by atoms with Gasteiger partial charge in [-0.15, -0.1) is 0 Å². The Hall–Kier alpha value is -3.10. The molecule has 1 N–H and O–H groups in total. The molecule has 0 bridgehead atoms. The quantitative estimate of drug-likeness (QED) is 0.618. The molecule has 2 aromatic rings. The van der Waals surface area contributed by atoms with Gasteiger partial charge in [0.15, 0.2) is 11.5 Å². The van der Waals surface area contributed by atoms with E-state index in [1.165, 1.54) is 18.2 Å². The lowest BCUT2D eigenvalue weighted by molar-refractivity contribution is 0.0407. The first kappa shape index (κ1) is 23.6. The number of ether oxygens (including phenoxy) is 3. The third kappa shape index (κ3) is 5.20. The minimum Gasteiger partial charge on any atom is -0.494 e. The van der Waals surface area contributed by atoms with Gasteiger partial charge in [-0.1, -0.05) is 37.3 Å². The molecule has 0 spiro atoms. The molecule has 170 valence electrons. The van der Waals surface area contributed by atoms with Crippen LogP contribution >= 0.6 is 0 Å². The van der Waals surface area contributed by atoms with Gasteiger partial charge in [0.05, 0.1) is 19.1 Å². The highest BCUT2D eigenvalue weighted by Crippen LogP contribution is 2.33. The van der Waals surface area contributed by atoms with E-state index in [2.05, 4.69) is 4.72 Å². The Morgan fingerprint density at radius 1 is 1.00 bits per heavy atom. The highest BCUT2D eigenvalue weighted by molar-refractivity contribution is 7.92. The number of halogens is 1. The molecule has 0 amide bonds. The average molecular weight is 460 g/mol. The van der Waals surface area contributed by atoms with Crippen LogP contribution < -0.4 is 4.72 Å². The third-order valence-corrected chi connectivity index (χ3v) is 6.57. The van der Waals surface area contributed by atoms with Crippen LogP contribution in [0.1, 0.15) is 12.5 Å². The van der Waals surface area contributed by atoms with Crippen molar-refractivity contribution in [2.75, 3.05) is 26.1 Å². The molecule has 0 saturated heterocycles. The molecule has 6 nitrogen and oxygen atoms in total. The van der Waals surface area contributed by atoms with E-state index in [4.69, 9.17) is 14.2 Å². The lowest BCUT2D eigenvalue weighted by atomic mass is 9.88. The van der Waals surface area contributed by atoms with Gasteiger partial charge in [-0.25, -0.2) is 12.8 Å². The van der Waals surface area contributed by atoms with Crippen LogP contribution in [0.15, 0.2) is 82.7 Å². The van der Waals surface area contributed by atoms with E-state index in [1.54, 1.807) is 39.5 Å². The number of allylic oxidation sites excluding steroid dienone is 2. The van der Waals surface area contributed by atoms with Crippen LogP contribution in [0.2, 0.25) is 0 Å². The van der Waals surface area contributed by atoms with Crippen LogP contribution in [0.4, 0.5) is 10.1 Å². The summed E-state index contributed by atoms with van der Waals surface area (Å²) in [5.74, 6) is 0.622. The first-order valence-corrected chi connectivity index (χ1v) is 11.4. The summed E-state index contributed by atoms with van der Waals surface area (Å²) < 4.78 is 57.5. The monoisotopic (exact) mass is 459 g/mol. The molecule has 3 rings (SSSR count). The summed E-state index contributed by atoms with van der Waals surface area (Å²) in [6, 6.07) is 11.8. The van der Waals surface area contributed by atoms with Gasteiger partial charge in [0.1, 0.15) is 11.9 Å². The van der Waals surface area contributed by atoms with Crippen molar-refractivity contribution in [1.82, 2.24) is 0 Å². The molecule has 1 aliphatic carbocycles. The number of methoxy groups -OCH3 is 3. The lowest BCUT2D eigenvalue weighted by Crippen LogP contribution is -2.29. The van der Waals surface area contributed by atoms with Crippen LogP contribution in [0.25, 0.3) is 6.08 Å². The van der Waals surface area contributed by atoms with E-state index in [-0.39, 0.29) is 16.9 Å². The number of hydrogen-bond acceptors (Lipinski definition) is 5. The Kier molecular flexibility index (Phi) is 7.37. The Morgan fingerprint density at radius 2 is 1.75 bits per heavy atom. The highest BCUT2D eigenvalue weighted by atomic mass is 32.2. The van der Waals surface area contributed by atoms with Crippen molar-refractivity contribution in [1.29, 1.82) is 0 Å². The fraction of sp³-hybridized carbons (Fsp3) is 0.250. The molecule has 2 aromatic carbocycles. The van der Waals surface area contributed by atoms with Crippen LogP contribution in [0.5, 0.6) is 0 Å². The molecule has 2 atom stereocenters. The van der Waals surface area contributed by atoms with Gasteiger partial charge >= 0.3 is 0 Å². The molecule has 0 aliphatic heterocycles. The summed E-state index contributed by atoms with van der Waals surface area (Å²) in [6.45, 7) is 2.03. The second-order valence-corrected chi connectivity index (χ2v) is 8.93. The number of hydrogen-bond donors (Lipinski definition) is 1. The van der Waals surface area contributed by atoms with Gasteiger partial charge < -0.3 is 14.2 Å².